The highest BCUT2D eigenvalue weighted by Gasteiger charge is 2.19. The minimum absolute atomic E-state index is 0.134. The second kappa shape index (κ2) is 8.45. The quantitative estimate of drug-likeness (QED) is 0.638. The van der Waals surface area contributed by atoms with Crippen molar-refractivity contribution in [3.63, 3.8) is 0 Å². The van der Waals surface area contributed by atoms with Gasteiger partial charge < -0.3 is 10.5 Å². The summed E-state index contributed by atoms with van der Waals surface area (Å²) in [5.41, 5.74) is 7.86. The SMILES string of the molecule is NC(=NC[C@H]1CCCO1)SC(c1ccc(F)cc1)c1ccc(F)cc1. The summed E-state index contributed by atoms with van der Waals surface area (Å²) in [6, 6.07) is 12.5. The number of benzene rings is 2. The molecule has 0 spiro atoms. The van der Waals surface area contributed by atoms with Crippen molar-refractivity contribution in [2.75, 3.05) is 13.2 Å². The van der Waals surface area contributed by atoms with Crippen LogP contribution in [0.5, 0.6) is 0 Å². The number of amidine groups is 1. The van der Waals surface area contributed by atoms with Gasteiger partial charge in [0.1, 0.15) is 11.6 Å². The molecule has 2 aromatic rings. The fourth-order valence-electron chi connectivity index (χ4n) is 2.74. The zero-order valence-electron chi connectivity index (χ0n) is 13.7. The fourth-order valence-corrected chi connectivity index (χ4v) is 3.72. The highest BCUT2D eigenvalue weighted by molar-refractivity contribution is 8.14. The average Bonchev–Trinajstić information content (AvgIpc) is 3.13. The van der Waals surface area contributed by atoms with E-state index in [0.29, 0.717) is 11.7 Å². The Kier molecular flexibility index (Phi) is 6.04. The van der Waals surface area contributed by atoms with Gasteiger partial charge in [0, 0.05) is 6.61 Å². The number of aliphatic imine (C=N–C) groups is 1. The van der Waals surface area contributed by atoms with Crippen LogP contribution in [0.15, 0.2) is 53.5 Å². The number of ether oxygens (including phenoxy) is 1. The summed E-state index contributed by atoms with van der Waals surface area (Å²) in [6.45, 7) is 1.32. The van der Waals surface area contributed by atoms with Crippen molar-refractivity contribution < 1.29 is 13.5 Å². The van der Waals surface area contributed by atoms with Crippen molar-refractivity contribution in [3.8, 4) is 0 Å². The van der Waals surface area contributed by atoms with Crippen LogP contribution in [-0.2, 0) is 4.74 Å². The first-order chi connectivity index (χ1) is 12.1. The van der Waals surface area contributed by atoms with Crippen LogP contribution in [0.4, 0.5) is 8.78 Å². The zero-order chi connectivity index (χ0) is 17.6. The van der Waals surface area contributed by atoms with E-state index in [4.69, 9.17) is 10.5 Å². The number of thioether (sulfide) groups is 1. The van der Waals surface area contributed by atoms with Gasteiger partial charge in [-0.2, -0.15) is 0 Å². The molecule has 2 aromatic carbocycles. The molecule has 1 fully saturated rings. The van der Waals surface area contributed by atoms with E-state index >= 15 is 0 Å². The lowest BCUT2D eigenvalue weighted by atomic mass is 10.0. The first-order valence-electron chi connectivity index (χ1n) is 8.21. The summed E-state index contributed by atoms with van der Waals surface area (Å²) in [6.07, 6.45) is 2.19. The number of hydrogen-bond donors (Lipinski definition) is 1. The molecule has 2 N–H and O–H groups in total. The minimum atomic E-state index is -0.299. The lowest BCUT2D eigenvalue weighted by Gasteiger charge is -2.17. The second-order valence-corrected chi connectivity index (χ2v) is 7.04. The van der Waals surface area contributed by atoms with E-state index in [1.807, 2.05) is 0 Å². The third-order valence-corrected chi connectivity index (χ3v) is 5.21. The Morgan fingerprint density at radius 2 is 1.64 bits per heavy atom. The first kappa shape index (κ1) is 17.9. The number of halogens is 2. The Balaban J connectivity index is 1.79. The molecule has 1 atom stereocenters. The summed E-state index contributed by atoms with van der Waals surface area (Å²) in [4.78, 5) is 4.42. The second-order valence-electron chi connectivity index (χ2n) is 5.91. The molecule has 6 heteroatoms. The summed E-state index contributed by atoms with van der Waals surface area (Å²) < 4.78 is 32.0. The van der Waals surface area contributed by atoms with E-state index in [0.717, 1.165) is 30.6 Å². The van der Waals surface area contributed by atoms with Gasteiger partial charge in [-0.15, -0.1) is 0 Å². The number of nitrogens with zero attached hydrogens (tertiary/aromatic N) is 1. The van der Waals surface area contributed by atoms with Crippen LogP contribution < -0.4 is 5.73 Å². The summed E-state index contributed by atoms with van der Waals surface area (Å²) >= 11 is 1.37. The summed E-state index contributed by atoms with van der Waals surface area (Å²) in [7, 11) is 0. The molecule has 3 rings (SSSR count). The standard InChI is InChI=1S/C19H20F2N2OS/c20-15-7-3-13(4-8-15)18(14-5-9-16(21)10-6-14)25-19(22)23-12-17-2-1-11-24-17/h3-10,17-18H,1-2,11-12H2,(H2,22,23)/t17-/m1/s1. The summed E-state index contributed by atoms with van der Waals surface area (Å²) in [5, 5.41) is 0.253. The molecule has 132 valence electrons. The predicted molar refractivity (Wildman–Crippen MR) is 97.7 cm³/mol. The maximum atomic E-state index is 13.2. The van der Waals surface area contributed by atoms with E-state index in [1.165, 1.54) is 36.0 Å². The molecular weight excluding hydrogens is 342 g/mol. The van der Waals surface area contributed by atoms with Crippen LogP contribution in [0, 0.1) is 11.6 Å². The smallest absolute Gasteiger partial charge is 0.154 e. The molecule has 1 aliphatic rings. The van der Waals surface area contributed by atoms with E-state index < -0.39 is 0 Å². The topological polar surface area (TPSA) is 47.6 Å². The summed E-state index contributed by atoms with van der Waals surface area (Å²) in [5.74, 6) is -0.599. The molecule has 25 heavy (non-hydrogen) atoms. The lowest BCUT2D eigenvalue weighted by Crippen LogP contribution is -2.16. The van der Waals surface area contributed by atoms with Crippen LogP contribution >= 0.6 is 11.8 Å². The molecule has 1 aliphatic heterocycles. The molecule has 0 amide bonds. The van der Waals surface area contributed by atoms with E-state index in [1.54, 1.807) is 24.3 Å². The first-order valence-corrected chi connectivity index (χ1v) is 9.09. The largest absolute Gasteiger partial charge is 0.379 e. The molecule has 0 saturated carbocycles. The Bertz CT molecular complexity index is 668. The van der Waals surface area contributed by atoms with Gasteiger partial charge >= 0.3 is 0 Å². The fraction of sp³-hybridized carbons (Fsp3) is 0.316. The lowest BCUT2D eigenvalue weighted by molar-refractivity contribution is 0.118. The third kappa shape index (κ3) is 5.03. The Morgan fingerprint density at radius 3 is 2.12 bits per heavy atom. The van der Waals surface area contributed by atoms with Crippen molar-refractivity contribution in [2.45, 2.75) is 24.2 Å². The van der Waals surface area contributed by atoms with E-state index in [2.05, 4.69) is 4.99 Å². The molecule has 0 aliphatic carbocycles. The number of hydrogen-bond acceptors (Lipinski definition) is 3. The van der Waals surface area contributed by atoms with Gasteiger partial charge in [0.05, 0.1) is 17.9 Å². The monoisotopic (exact) mass is 362 g/mol. The van der Waals surface area contributed by atoms with Crippen LogP contribution in [0.3, 0.4) is 0 Å². The third-order valence-electron chi connectivity index (χ3n) is 4.06. The van der Waals surface area contributed by atoms with Crippen molar-refractivity contribution in [3.05, 3.63) is 71.3 Å². The van der Waals surface area contributed by atoms with Gasteiger partial charge in [0.15, 0.2) is 5.17 Å². The highest BCUT2D eigenvalue weighted by atomic mass is 32.2. The molecule has 1 saturated heterocycles. The average molecular weight is 362 g/mol. The highest BCUT2D eigenvalue weighted by Crippen LogP contribution is 2.36. The van der Waals surface area contributed by atoms with Gasteiger partial charge in [-0.3, -0.25) is 4.99 Å². The molecule has 3 nitrogen and oxygen atoms in total. The van der Waals surface area contributed by atoms with Gasteiger partial charge in [-0.25, -0.2) is 8.78 Å². The van der Waals surface area contributed by atoms with Crippen molar-refractivity contribution in [1.82, 2.24) is 0 Å². The minimum Gasteiger partial charge on any atom is -0.379 e. The number of nitrogens with two attached hydrogens (primary N) is 1. The molecule has 0 aromatic heterocycles. The van der Waals surface area contributed by atoms with Crippen molar-refractivity contribution in [2.24, 2.45) is 10.7 Å². The Hall–Kier alpha value is -1.92. The molecular formula is C19H20F2N2OS. The molecule has 0 unspecified atom stereocenters. The Labute approximate surface area is 150 Å². The molecule has 1 heterocycles. The Morgan fingerprint density at radius 1 is 1.08 bits per heavy atom. The number of rotatable bonds is 5. The van der Waals surface area contributed by atoms with Crippen LogP contribution in [-0.4, -0.2) is 24.4 Å². The van der Waals surface area contributed by atoms with E-state index in [9.17, 15) is 8.78 Å². The zero-order valence-corrected chi connectivity index (χ0v) is 14.5. The van der Waals surface area contributed by atoms with Crippen LogP contribution in [0.25, 0.3) is 0 Å². The van der Waals surface area contributed by atoms with Crippen molar-refractivity contribution in [1.29, 1.82) is 0 Å². The van der Waals surface area contributed by atoms with Gasteiger partial charge in [0.25, 0.3) is 0 Å². The van der Waals surface area contributed by atoms with Gasteiger partial charge in [0.2, 0.25) is 0 Å². The van der Waals surface area contributed by atoms with Crippen LogP contribution in [0.2, 0.25) is 0 Å². The van der Waals surface area contributed by atoms with Crippen LogP contribution in [0.1, 0.15) is 29.2 Å². The van der Waals surface area contributed by atoms with Crippen molar-refractivity contribution >= 4 is 16.9 Å². The van der Waals surface area contributed by atoms with Gasteiger partial charge in [-0.1, -0.05) is 36.0 Å². The van der Waals surface area contributed by atoms with Gasteiger partial charge in [-0.05, 0) is 48.2 Å². The molecule has 0 radical (unpaired) electrons. The molecule has 0 bridgehead atoms. The normalized spacial score (nSPS) is 18.0. The predicted octanol–water partition coefficient (Wildman–Crippen LogP) is 4.28. The maximum absolute atomic E-state index is 13.2. The van der Waals surface area contributed by atoms with E-state index in [-0.39, 0.29) is 23.0 Å². The maximum Gasteiger partial charge on any atom is 0.154 e.